The van der Waals surface area contributed by atoms with Crippen LogP contribution in [0.3, 0.4) is 0 Å². The van der Waals surface area contributed by atoms with E-state index in [-0.39, 0.29) is 5.02 Å². The molecule has 17 heavy (non-hydrogen) atoms. The second kappa shape index (κ2) is 4.80. The molecule has 0 radical (unpaired) electrons. The molecule has 1 rings (SSSR count). The van der Waals surface area contributed by atoms with E-state index in [0.29, 0.717) is 0 Å². The minimum absolute atomic E-state index is 0.226. The molecule has 0 saturated heterocycles. The normalized spacial score (nSPS) is 13.0. The lowest BCUT2D eigenvalue weighted by Crippen LogP contribution is -2.30. The largest absolute Gasteiger partial charge is 0.413 e. The van der Waals surface area contributed by atoms with E-state index in [1.807, 2.05) is 0 Å². The molecule has 0 spiro atoms. The van der Waals surface area contributed by atoms with Crippen LogP contribution in [-0.2, 0) is 21.9 Å². The Balaban J connectivity index is 2.77. The molecule has 0 unspecified atom stereocenters. The fourth-order valence-corrected chi connectivity index (χ4v) is 2.40. The Morgan fingerprint density at radius 1 is 1.59 bits per heavy atom. The van der Waals surface area contributed by atoms with Crippen molar-refractivity contribution < 1.29 is 26.4 Å². The van der Waals surface area contributed by atoms with Crippen molar-refractivity contribution in [3.8, 4) is 0 Å². The van der Waals surface area contributed by atoms with E-state index >= 15 is 0 Å². The van der Waals surface area contributed by atoms with Gasteiger partial charge < -0.3 is 0 Å². The van der Waals surface area contributed by atoms with E-state index in [4.69, 9.17) is 11.6 Å². The number of aryl methyl sites for hydroxylation is 1. The maximum atomic E-state index is 11.7. The first-order chi connectivity index (χ1) is 7.63. The van der Waals surface area contributed by atoms with E-state index in [9.17, 15) is 21.6 Å². The highest BCUT2D eigenvalue weighted by atomic mass is 35.5. The van der Waals surface area contributed by atoms with E-state index in [1.165, 1.54) is 11.9 Å². The van der Waals surface area contributed by atoms with Gasteiger partial charge in [-0.05, 0) is 0 Å². The first-order valence-corrected chi connectivity index (χ1v) is 5.87. The Morgan fingerprint density at radius 2 is 2.18 bits per heavy atom. The van der Waals surface area contributed by atoms with E-state index in [1.54, 1.807) is 0 Å². The van der Waals surface area contributed by atoms with Gasteiger partial charge >= 0.3 is 6.18 Å². The van der Waals surface area contributed by atoms with E-state index in [0.717, 1.165) is 10.9 Å². The van der Waals surface area contributed by atoms with Crippen molar-refractivity contribution in [3.63, 3.8) is 0 Å². The van der Waals surface area contributed by atoms with Crippen molar-refractivity contribution in [3.05, 3.63) is 11.2 Å². The zero-order valence-corrected chi connectivity index (χ0v) is 9.90. The summed E-state index contributed by atoms with van der Waals surface area (Å²) in [6, 6.07) is 0. The summed E-state index contributed by atoms with van der Waals surface area (Å²) < 4.78 is 59.0. The Hall–Kier alpha value is -0.840. The lowest BCUT2D eigenvalue weighted by Gasteiger charge is -2.09. The first-order valence-electron chi connectivity index (χ1n) is 4.01. The lowest BCUT2D eigenvalue weighted by molar-refractivity contribution is -0.181. The molecule has 0 bridgehead atoms. The molecular weight excluding hydrogens is 287 g/mol. The van der Waals surface area contributed by atoms with Crippen molar-refractivity contribution in [2.24, 2.45) is 7.05 Å². The van der Waals surface area contributed by atoms with Crippen LogP contribution in [0.4, 0.5) is 13.2 Å². The minimum atomic E-state index is -4.64. The molecule has 0 amide bonds. The van der Waals surface area contributed by atoms with E-state index in [2.05, 4.69) is 9.94 Å². The molecule has 0 fully saturated rings. The summed E-state index contributed by atoms with van der Waals surface area (Å²) in [7, 11) is -3.04. The van der Waals surface area contributed by atoms with Crippen molar-refractivity contribution >= 4 is 21.6 Å². The van der Waals surface area contributed by atoms with Crippen molar-refractivity contribution in [1.82, 2.24) is 14.7 Å². The number of sulfonamides is 1. The lowest BCUT2D eigenvalue weighted by atomic mass is 10.7. The van der Waals surface area contributed by atoms with Gasteiger partial charge in [0, 0.05) is 7.05 Å². The number of nitrogens with one attached hydrogen (secondary N) is 1. The summed E-state index contributed by atoms with van der Waals surface area (Å²) >= 11 is 5.52. The fraction of sp³-hybridized carbons (Fsp3) is 0.500. The molecule has 1 aromatic heterocycles. The molecule has 0 saturated carbocycles. The molecule has 0 atom stereocenters. The van der Waals surface area contributed by atoms with Gasteiger partial charge in [0.25, 0.3) is 10.0 Å². The summed E-state index contributed by atoms with van der Waals surface area (Å²) in [4.78, 5) is 5.14. The van der Waals surface area contributed by atoms with Crippen LogP contribution < -0.4 is 4.89 Å². The summed E-state index contributed by atoms with van der Waals surface area (Å²) in [6.45, 7) is -1.75. The Bertz CT molecular complexity index is 479. The molecular formula is C6H7ClF3N3O3S. The number of aromatic nitrogens is 2. The Labute approximate surface area is 99.3 Å². The molecule has 0 aliphatic heterocycles. The number of rotatable bonds is 4. The number of alkyl halides is 3. The maximum absolute atomic E-state index is 11.7. The summed E-state index contributed by atoms with van der Waals surface area (Å²) in [5, 5.41) is 2.82. The van der Waals surface area contributed by atoms with Gasteiger partial charge in [0.1, 0.15) is 0 Å². The smallest absolute Gasteiger partial charge is 0.277 e. The van der Waals surface area contributed by atoms with Crippen LogP contribution in [0, 0.1) is 0 Å². The second-order valence-corrected chi connectivity index (χ2v) is 4.88. The van der Waals surface area contributed by atoms with Gasteiger partial charge in [-0.1, -0.05) is 16.5 Å². The maximum Gasteiger partial charge on any atom is 0.413 e. The third-order valence-electron chi connectivity index (χ3n) is 1.50. The topological polar surface area (TPSA) is 73.2 Å². The third kappa shape index (κ3) is 3.84. The Kier molecular flexibility index (Phi) is 4.02. The van der Waals surface area contributed by atoms with Gasteiger partial charge in [-0.25, -0.2) is 8.42 Å². The van der Waals surface area contributed by atoms with Gasteiger partial charge in [0.05, 0.1) is 11.2 Å². The summed E-state index contributed by atoms with van der Waals surface area (Å²) in [6.07, 6.45) is -3.60. The van der Waals surface area contributed by atoms with Crippen LogP contribution in [-0.4, -0.2) is 31.0 Å². The first kappa shape index (κ1) is 14.2. The highest BCUT2D eigenvalue weighted by Gasteiger charge is 2.30. The zero-order chi connectivity index (χ0) is 13.3. The molecule has 11 heteroatoms. The molecule has 0 aliphatic rings. The quantitative estimate of drug-likeness (QED) is 0.835. The second-order valence-electron chi connectivity index (χ2n) is 2.91. The van der Waals surface area contributed by atoms with Gasteiger partial charge in [-0.3, -0.25) is 9.52 Å². The van der Waals surface area contributed by atoms with Crippen LogP contribution >= 0.6 is 11.6 Å². The number of hydrogen-bond acceptors (Lipinski definition) is 4. The molecule has 6 nitrogen and oxygen atoms in total. The van der Waals surface area contributed by atoms with Crippen LogP contribution in [0.1, 0.15) is 0 Å². The number of halogens is 4. The zero-order valence-electron chi connectivity index (χ0n) is 8.32. The fourth-order valence-electron chi connectivity index (χ4n) is 0.930. The summed E-state index contributed by atoms with van der Waals surface area (Å²) in [5.41, 5.74) is 0. The third-order valence-corrected chi connectivity index (χ3v) is 3.22. The van der Waals surface area contributed by atoms with Crippen LogP contribution in [0.25, 0.3) is 0 Å². The van der Waals surface area contributed by atoms with Crippen molar-refractivity contribution in [2.45, 2.75) is 11.2 Å². The number of hydrogen-bond donors (Lipinski definition) is 1. The SMILES string of the molecule is Cn1ncc(Cl)c1S(=O)(=O)NOCC(F)(F)F. The van der Waals surface area contributed by atoms with E-state index < -0.39 is 27.8 Å². The monoisotopic (exact) mass is 293 g/mol. The summed E-state index contributed by atoms with van der Waals surface area (Å²) in [5.74, 6) is 0. The van der Waals surface area contributed by atoms with Gasteiger partial charge in [0.2, 0.25) is 0 Å². The molecule has 0 aromatic carbocycles. The minimum Gasteiger partial charge on any atom is -0.277 e. The van der Waals surface area contributed by atoms with Gasteiger partial charge in [0.15, 0.2) is 11.6 Å². The molecule has 1 N–H and O–H groups in total. The van der Waals surface area contributed by atoms with Crippen molar-refractivity contribution in [1.29, 1.82) is 0 Å². The predicted octanol–water partition coefficient (Wildman–Crippen LogP) is 0.846. The van der Waals surface area contributed by atoms with Crippen LogP contribution in [0.15, 0.2) is 11.2 Å². The molecule has 1 heterocycles. The highest BCUT2D eigenvalue weighted by molar-refractivity contribution is 7.89. The number of nitrogens with zero attached hydrogens (tertiary/aromatic N) is 2. The Morgan fingerprint density at radius 3 is 2.59 bits per heavy atom. The standard InChI is InChI=1S/C6H7ClF3N3O3S/c1-13-5(4(7)2-11-13)17(14,15)12-16-3-6(8,9)10/h2,12H,3H2,1H3. The van der Waals surface area contributed by atoms with Crippen LogP contribution in [0.5, 0.6) is 0 Å². The molecule has 0 aliphatic carbocycles. The predicted molar refractivity (Wildman–Crippen MR) is 50.5 cm³/mol. The molecule has 1 aromatic rings. The average molecular weight is 294 g/mol. The van der Waals surface area contributed by atoms with Crippen molar-refractivity contribution in [2.75, 3.05) is 6.61 Å². The highest BCUT2D eigenvalue weighted by Crippen LogP contribution is 2.20. The average Bonchev–Trinajstić information content (AvgIpc) is 2.43. The van der Waals surface area contributed by atoms with Crippen LogP contribution in [0.2, 0.25) is 5.02 Å². The van der Waals surface area contributed by atoms with Gasteiger partial charge in [-0.15, -0.1) is 0 Å². The van der Waals surface area contributed by atoms with Gasteiger partial charge in [-0.2, -0.15) is 18.3 Å². The molecule has 98 valence electrons.